The fourth-order valence-corrected chi connectivity index (χ4v) is 1.79. The van der Waals surface area contributed by atoms with Gasteiger partial charge >= 0.3 is 0 Å². The highest BCUT2D eigenvalue weighted by atomic mass is 35.5. The molecule has 0 aliphatic rings. The monoisotopic (exact) mass is 288 g/mol. The Morgan fingerprint density at radius 2 is 1.94 bits per heavy atom. The van der Waals surface area contributed by atoms with Crippen molar-refractivity contribution in [3.8, 4) is 5.88 Å². The number of halogens is 3. The molecule has 0 saturated heterocycles. The first-order valence-corrected chi connectivity index (χ1v) is 5.84. The van der Waals surface area contributed by atoms with Gasteiger partial charge in [-0.2, -0.15) is 4.98 Å². The fraction of sp³-hybridized carbons (Fsp3) is 0.0909. The maximum absolute atomic E-state index is 6.00. The van der Waals surface area contributed by atoms with E-state index < -0.39 is 0 Å². The highest BCUT2D eigenvalue weighted by Gasteiger charge is 2.03. The van der Waals surface area contributed by atoms with Gasteiger partial charge in [-0.05, 0) is 23.7 Å². The molecule has 0 radical (unpaired) electrons. The summed E-state index contributed by atoms with van der Waals surface area (Å²) in [6, 6.07) is 6.83. The molecule has 2 aromatic rings. The van der Waals surface area contributed by atoms with Crippen molar-refractivity contribution in [2.75, 3.05) is 0 Å². The van der Waals surface area contributed by atoms with E-state index in [1.807, 2.05) is 0 Å². The van der Waals surface area contributed by atoms with Crippen LogP contribution in [0, 0.1) is 0 Å². The Bertz CT molecular complexity index is 534. The van der Waals surface area contributed by atoms with Crippen LogP contribution < -0.4 is 4.74 Å². The van der Waals surface area contributed by atoms with Crippen LogP contribution >= 0.6 is 34.8 Å². The molecule has 0 amide bonds. The predicted octanol–water partition coefficient (Wildman–Crippen LogP) is 4.02. The Labute approximate surface area is 113 Å². The smallest absolute Gasteiger partial charge is 0.225 e. The lowest BCUT2D eigenvalue weighted by molar-refractivity contribution is 0.293. The van der Waals surface area contributed by atoms with E-state index >= 15 is 0 Å². The number of aromatic nitrogens is 2. The number of ether oxygens (including phenoxy) is 1. The van der Waals surface area contributed by atoms with Crippen molar-refractivity contribution in [2.45, 2.75) is 6.61 Å². The molecule has 88 valence electrons. The van der Waals surface area contributed by atoms with Gasteiger partial charge in [-0.15, -0.1) is 0 Å². The number of nitrogens with zero attached hydrogens (tertiary/aromatic N) is 2. The molecular formula is C11H7Cl3N2O. The maximum atomic E-state index is 6.00. The molecule has 0 saturated carbocycles. The lowest BCUT2D eigenvalue weighted by Gasteiger charge is -2.07. The van der Waals surface area contributed by atoms with Crippen molar-refractivity contribution < 1.29 is 4.74 Å². The molecule has 6 heteroatoms. The zero-order valence-corrected chi connectivity index (χ0v) is 10.8. The summed E-state index contributed by atoms with van der Waals surface area (Å²) in [7, 11) is 0. The van der Waals surface area contributed by atoms with Crippen molar-refractivity contribution in [1.29, 1.82) is 0 Å². The molecule has 0 N–H and O–H groups in total. The van der Waals surface area contributed by atoms with Crippen LogP contribution in [-0.2, 0) is 6.61 Å². The number of hydrogen-bond donors (Lipinski definition) is 0. The number of rotatable bonds is 3. The van der Waals surface area contributed by atoms with E-state index in [0.29, 0.717) is 22.5 Å². The first-order valence-electron chi connectivity index (χ1n) is 4.70. The van der Waals surface area contributed by atoms with E-state index in [0.717, 1.165) is 5.56 Å². The van der Waals surface area contributed by atoms with E-state index in [1.54, 1.807) is 24.3 Å². The molecule has 1 heterocycles. The van der Waals surface area contributed by atoms with Gasteiger partial charge in [0.1, 0.15) is 6.61 Å². The molecule has 0 bridgehead atoms. The Morgan fingerprint density at radius 1 is 1.12 bits per heavy atom. The minimum absolute atomic E-state index is 0.143. The van der Waals surface area contributed by atoms with Crippen LogP contribution in [0.4, 0.5) is 0 Å². The predicted molar refractivity (Wildman–Crippen MR) is 67.8 cm³/mol. The zero-order valence-electron chi connectivity index (χ0n) is 8.53. The van der Waals surface area contributed by atoms with Gasteiger partial charge in [0.15, 0.2) is 0 Å². The van der Waals surface area contributed by atoms with Crippen LogP contribution in [0.15, 0.2) is 30.5 Å². The average Bonchev–Trinajstić information content (AvgIpc) is 2.28. The molecular weight excluding hydrogens is 282 g/mol. The highest BCUT2D eigenvalue weighted by molar-refractivity contribution is 6.35. The van der Waals surface area contributed by atoms with Crippen molar-refractivity contribution in [1.82, 2.24) is 9.97 Å². The molecule has 0 spiro atoms. The Morgan fingerprint density at radius 3 is 2.65 bits per heavy atom. The summed E-state index contributed by atoms with van der Waals surface area (Å²) in [5.41, 5.74) is 0.825. The van der Waals surface area contributed by atoms with Crippen molar-refractivity contribution in [3.05, 3.63) is 51.4 Å². The molecule has 17 heavy (non-hydrogen) atoms. The topological polar surface area (TPSA) is 35.0 Å². The number of hydrogen-bond acceptors (Lipinski definition) is 3. The average molecular weight is 290 g/mol. The second-order valence-electron chi connectivity index (χ2n) is 3.19. The molecule has 3 nitrogen and oxygen atoms in total. The largest absolute Gasteiger partial charge is 0.473 e. The summed E-state index contributed by atoms with van der Waals surface area (Å²) in [4.78, 5) is 7.65. The van der Waals surface area contributed by atoms with Gasteiger partial charge in [0.05, 0.1) is 0 Å². The molecule has 1 aromatic heterocycles. The van der Waals surface area contributed by atoms with Gasteiger partial charge in [-0.25, -0.2) is 4.98 Å². The lowest BCUT2D eigenvalue weighted by atomic mass is 10.2. The van der Waals surface area contributed by atoms with Crippen molar-refractivity contribution >= 4 is 34.8 Å². The fourth-order valence-electron chi connectivity index (χ4n) is 1.19. The Balaban J connectivity index is 2.07. The molecule has 1 aromatic carbocycles. The van der Waals surface area contributed by atoms with Gasteiger partial charge < -0.3 is 4.74 Å². The number of benzene rings is 1. The molecule has 0 unspecified atom stereocenters. The van der Waals surface area contributed by atoms with Gasteiger partial charge in [-0.3, -0.25) is 0 Å². The van der Waals surface area contributed by atoms with Gasteiger partial charge in [-0.1, -0.05) is 29.3 Å². The second-order valence-corrected chi connectivity index (χ2v) is 4.37. The quantitative estimate of drug-likeness (QED) is 0.801. The Hall–Kier alpha value is -1.03. The van der Waals surface area contributed by atoms with E-state index in [2.05, 4.69) is 9.97 Å². The van der Waals surface area contributed by atoms with Crippen molar-refractivity contribution in [3.63, 3.8) is 0 Å². The minimum atomic E-state index is 0.143. The standard InChI is InChI=1S/C11H7Cl3N2O/c12-8-2-1-7(9(13)5-8)6-17-10-3-4-15-11(14)16-10/h1-5H,6H2. The first-order chi connectivity index (χ1) is 8.15. The van der Waals surface area contributed by atoms with E-state index in [9.17, 15) is 0 Å². The summed E-state index contributed by atoms with van der Waals surface area (Å²) in [6.07, 6.45) is 1.52. The van der Waals surface area contributed by atoms with Crippen LogP contribution in [0.5, 0.6) is 5.88 Å². The maximum Gasteiger partial charge on any atom is 0.225 e. The van der Waals surface area contributed by atoms with Crippen LogP contribution in [0.3, 0.4) is 0 Å². The summed E-state index contributed by atoms with van der Waals surface area (Å²) in [6.45, 7) is 0.295. The van der Waals surface area contributed by atoms with E-state index in [-0.39, 0.29) is 5.28 Å². The first kappa shape index (κ1) is 12.4. The molecule has 0 aliphatic heterocycles. The lowest BCUT2D eigenvalue weighted by Crippen LogP contribution is -1.98. The second kappa shape index (κ2) is 5.54. The highest BCUT2D eigenvalue weighted by Crippen LogP contribution is 2.22. The molecule has 0 atom stereocenters. The Kier molecular flexibility index (Phi) is 4.05. The zero-order chi connectivity index (χ0) is 12.3. The third-order valence-electron chi connectivity index (χ3n) is 1.99. The molecule has 0 fully saturated rings. The molecule has 0 aliphatic carbocycles. The van der Waals surface area contributed by atoms with Gasteiger partial charge in [0.25, 0.3) is 0 Å². The van der Waals surface area contributed by atoms with Crippen LogP contribution in [0.25, 0.3) is 0 Å². The third-order valence-corrected chi connectivity index (χ3v) is 2.76. The molecule has 2 rings (SSSR count). The SMILES string of the molecule is Clc1ccc(COc2ccnc(Cl)n2)c(Cl)c1. The van der Waals surface area contributed by atoms with Gasteiger partial charge in [0.2, 0.25) is 11.2 Å². The normalized spacial score (nSPS) is 10.3. The van der Waals surface area contributed by atoms with Crippen LogP contribution in [0.1, 0.15) is 5.56 Å². The summed E-state index contributed by atoms with van der Waals surface area (Å²) in [5, 5.41) is 1.28. The van der Waals surface area contributed by atoms with E-state index in [1.165, 1.54) is 6.20 Å². The van der Waals surface area contributed by atoms with E-state index in [4.69, 9.17) is 39.5 Å². The van der Waals surface area contributed by atoms with Crippen LogP contribution in [0.2, 0.25) is 15.3 Å². The van der Waals surface area contributed by atoms with Gasteiger partial charge in [0, 0.05) is 27.9 Å². The van der Waals surface area contributed by atoms with Crippen LogP contribution in [-0.4, -0.2) is 9.97 Å². The summed E-state index contributed by atoms with van der Waals surface area (Å²) < 4.78 is 5.43. The third kappa shape index (κ3) is 3.46. The minimum Gasteiger partial charge on any atom is -0.473 e. The summed E-state index contributed by atoms with van der Waals surface area (Å²) >= 11 is 17.4. The summed E-state index contributed by atoms with van der Waals surface area (Å²) in [5.74, 6) is 0.399. The van der Waals surface area contributed by atoms with Crippen molar-refractivity contribution in [2.24, 2.45) is 0 Å².